The molecule has 2 rings (SSSR count). The topological polar surface area (TPSA) is 70.9 Å². The van der Waals surface area contributed by atoms with Crippen LogP contribution < -0.4 is 10.2 Å². The van der Waals surface area contributed by atoms with Crippen LogP contribution >= 0.6 is 11.6 Å². The predicted octanol–water partition coefficient (Wildman–Crippen LogP) is 2.96. The summed E-state index contributed by atoms with van der Waals surface area (Å²) in [5.74, 6) is -0.880. The minimum Gasteiger partial charge on any atom is -0.503 e. The summed E-state index contributed by atoms with van der Waals surface area (Å²) >= 11 is 5.84. The first-order chi connectivity index (χ1) is 10.5. The molecule has 1 amide bonds. The Morgan fingerprint density at radius 1 is 1.36 bits per heavy atom. The summed E-state index contributed by atoms with van der Waals surface area (Å²) in [6.07, 6.45) is 1.34. The van der Waals surface area contributed by atoms with Crippen LogP contribution in [0.25, 0.3) is 0 Å². The van der Waals surface area contributed by atoms with Crippen molar-refractivity contribution < 1.29 is 19.0 Å². The number of nitrogens with one attached hydrogen (secondary N) is 1. The van der Waals surface area contributed by atoms with Crippen LogP contribution in [0, 0.1) is 5.82 Å². The van der Waals surface area contributed by atoms with Crippen LogP contribution in [0.15, 0.2) is 41.5 Å². The Kier molecular flexibility index (Phi) is 4.95. The summed E-state index contributed by atoms with van der Waals surface area (Å²) in [5, 5.41) is 13.5. The summed E-state index contributed by atoms with van der Waals surface area (Å²) in [4.78, 5) is 11.8. The number of methoxy groups -OCH3 is 1. The molecule has 5 nitrogen and oxygen atoms in total. The van der Waals surface area contributed by atoms with Gasteiger partial charge in [-0.1, -0.05) is 11.6 Å². The highest BCUT2D eigenvalue weighted by atomic mass is 35.5. The van der Waals surface area contributed by atoms with Gasteiger partial charge in [0.05, 0.1) is 18.3 Å². The van der Waals surface area contributed by atoms with Gasteiger partial charge >= 0.3 is 0 Å². The molecule has 0 saturated carbocycles. The molecule has 0 saturated heterocycles. The minimum absolute atomic E-state index is 0.102. The van der Waals surface area contributed by atoms with E-state index in [9.17, 15) is 14.3 Å². The van der Waals surface area contributed by atoms with E-state index in [0.717, 1.165) is 0 Å². The normalized spacial score (nSPS) is 10.7. The third kappa shape index (κ3) is 3.73. The predicted molar refractivity (Wildman–Crippen MR) is 81.1 cm³/mol. The number of phenolic OH excluding ortho intramolecular Hbond substituents is 1. The highest BCUT2D eigenvalue weighted by Crippen LogP contribution is 2.34. The number of carbonyl (C=O) groups is 1. The first-order valence-corrected chi connectivity index (χ1v) is 6.54. The summed E-state index contributed by atoms with van der Waals surface area (Å²) in [7, 11) is 1.39. The van der Waals surface area contributed by atoms with Crippen molar-refractivity contribution in [1.29, 1.82) is 0 Å². The molecule has 0 aliphatic carbocycles. The van der Waals surface area contributed by atoms with E-state index >= 15 is 0 Å². The van der Waals surface area contributed by atoms with Crippen molar-refractivity contribution >= 4 is 23.7 Å². The van der Waals surface area contributed by atoms with E-state index in [1.165, 1.54) is 49.7 Å². The average Bonchev–Trinajstić information content (AvgIpc) is 2.51. The van der Waals surface area contributed by atoms with Gasteiger partial charge in [-0.3, -0.25) is 4.79 Å². The van der Waals surface area contributed by atoms with Gasteiger partial charge < -0.3 is 9.84 Å². The summed E-state index contributed by atoms with van der Waals surface area (Å²) in [6, 6.07) is 8.04. The van der Waals surface area contributed by atoms with Crippen molar-refractivity contribution in [2.45, 2.75) is 0 Å². The number of amides is 1. The van der Waals surface area contributed by atoms with Crippen LogP contribution in [-0.2, 0) is 0 Å². The van der Waals surface area contributed by atoms with Crippen molar-refractivity contribution in [3.8, 4) is 11.5 Å². The highest BCUT2D eigenvalue weighted by molar-refractivity contribution is 6.32. The molecule has 22 heavy (non-hydrogen) atoms. The molecule has 0 fully saturated rings. The maximum Gasteiger partial charge on any atom is 0.271 e. The quantitative estimate of drug-likeness (QED) is 0.671. The maximum absolute atomic E-state index is 12.8. The molecule has 0 aliphatic rings. The van der Waals surface area contributed by atoms with Crippen molar-refractivity contribution in [2.75, 3.05) is 7.11 Å². The second-order valence-corrected chi connectivity index (χ2v) is 4.67. The van der Waals surface area contributed by atoms with E-state index in [1.54, 1.807) is 0 Å². The van der Waals surface area contributed by atoms with Gasteiger partial charge in [0, 0.05) is 5.56 Å². The first-order valence-electron chi connectivity index (χ1n) is 6.16. The van der Waals surface area contributed by atoms with Crippen LogP contribution in [0.2, 0.25) is 5.02 Å². The number of carbonyl (C=O) groups excluding carboxylic acids is 1. The number of ether oxygens (including phenoxy) is 1. The molecule has 0 aromatic heterocycles. The molecule has 114 valence electrons. The van der Waals surface area contributed by atoms with Crippen molar-refractivity contribution in [1.82, 2.24) is 5.43 Å². The number of phenols is 1. The lowest BCUT2D eigenvalue weighted by atomic mass is 10.2. The van der Waals surface area contributed by atoms with Crippen LogP contribution in [0.1, 0.15) is 15.9 Å². The number of hydrogen-bond donors (Lipinski definition) is 2. The minimum atomic E-state index is -0.479. The molecule has 7 heteroatoms. The van der Waals surface area contributed by atoms with E-state index in [4.69, 9.17) is 16.3 Å². The SMILES string of the molecule is COc1cc(C=NNC(=O)c2ccc(F)cc2)cc(Cl)c1O. The fraction of sp³-hybridized carbons (Fsp3) is 0.0667. The van der Waals surface area contributed by atoms with Gasteiger partial charge in [0.25, 0.3) is 5.91 Å². The van der Waals surface area contributed by atoms with E-state index in [1.807, 2.05) is 0 Å². The van der Waals surface area contributed by atoms with E-state index in [2.05, 4.69) is 10.5 Å². The second-order valence-electron chi connectivity index (χ2n) is 4.26. The Labute approximate surface area is 131 Å². The van der Waals surface area contributed by atoms with Crippen molar-refractivity contribution in [2.24, 2.45) is 5.10 Å². The van der Waals surface area contributed by atoms with Gasteiger partial charge in [0.15, 0.2) is 11.5 Å². The molecule has 2 aromatic rings. The zero-order valence-electron chi connectivity index (χ0n) is 11.5. The molecule has 0 atom stereocenters. The van der Waals surface area contributed by atoms with E-state index in [-0.39, 0.29) is 22.1 Å². The maximum atomic E-state index is 12.8. The third-order valence-corrected chi connectivity index (χ3v) is 3.04. The second kappa shape index (κ2) is 6.91. The summed E-state index contributed by atoms with van der Waals surface area (Å²) in [5.41, 5.74) is 3.10. The number of hydrazone groups is 1. The van der Waals surface area contributed by atoms with Crippen LogP contribution in [-0.4, -0.2) is 24.3 Å². The monoisotopic (exact) mass is 322 g/mol. The van der Waals surface area contributed by atoms with Gasteiger partial charge in [0.2, 0.25) is 0 Å². The Balaban J connectivity index is 2.08. The van der Waals surface area contributed by atoms with Gasteiger partial charge in [-0.05, 0) is 42.0 Å². The molecule has 0 aliphatic heterocycles. The van der Waals surface area contributed by atoms with Crippen molar-refractivity contribution in [3.05, 3.63) is 58.4 Å². The highest BCUT2D eigenvalue weighted by Gasteiger charge is 2.08. The average molecular weight is 323 g/mol. The first kappa shape index (κ1) is 15.8. The Hall–Kier alpha value is -2.60. The summed E-state index contributed by atoms with van der Waals surface area (Å²) in [6.45, 7) is 0. The number of rotatable bonds is 4. The molecule has 2 N–H and O–H groups in total. The van der Waals surface area contributed by atoms with Gasteiger partial charge in [-0.2, -0.15) is 5.10 Å². The fourth-order valence-electron chi connectivity index (χ4n) is 1.66. The lowest BCUT2D eigenvalue weighted by Crippen LogP contribution is -2.17. The molecule has 2 aromatic carbocycles. The number of halogens is 2. The number of hydrogen-bond acceptors (Lipinski definition) is 4. The number of benzene rings is 2. The number of aromatic hydroxyl groups is 1. The lowest BCUT2D eigenvalue weighted by Gasteiger charge is -2.06. The fourth-order valence-corrected chi connectivity index (χ4v) is 1.87. The molecule has 0 radical (unpaired) electrons. The van der Waals surface area contributed by atoms with Gasteiger partial charge in [-0.25, -0.2) is 9.82 Å². The van der Waals surface area contributed by atoms with Crippen molar-refractivity contribution in [3.63, 3.8) is 0 Å². The number of nitrogens with zero attached hydrogens (tertiary/aromatic N) is 1. The Morgan fingerprint density at radius 3 is 2.68 bits per heavy atom. The zero-order chi connectivity index (χ0) is 16.1. The molecule has 0 bridgehead atoms. The lowest BCUT2D eigenvalue weighted by molar-refractivity contribution is 0.0955. The van der Waals surface area contributed by atoms with Gasteiger partial charge in [0.1, 0.15) is 5.82 Å². The molecular formula is C15H12ClFN2O3. The van der Waals surface area contributed by atoms with E-state index in [0.29, 0.717) is 5.56 Å². The standard InChI is InChI=1S/C15H12ClFN2O3/c1-22-13-7-9(6-12(16)14(13)20)8-18-19-15(21)10-2-4-11(17)5-3-10/h2-8,20H,1H3,(H,19,21). The molecule has 0 heterocycles. The smallest absolute Gasteiger partial charge is 0.271 e. The Morgan fingerprint density at radius 2 is 2.05 bits per heavy atom. The van der Waals surface area contributed by atoms with Crippen LogP contribution in [0.3, 0.4) is 0 Å². The Bertz CT molecular complexity index is 717. The molecular weight excluding hydrogens is 311 g/mol. The molecule has 0 spiro atoms. The summed E-state index contributed by atoms with van der Waals surface area (Å²) < 4.78 is 17.7. The van der Waals surface area contributed by atoms with Crippen LogP contribution in [0.5, 0.6) is 11.5 Å². The molecule has 0 unspecified atom stereocenters. The van der Waals surface area contributed by atoms with Crippen LogP contribution in [0.4, 0.5) is 4.39 Å². The third-order valence-electron chi connectivity index (χ3n) is 2.76. The zero-order valence-corrected chi connectivity index (χ0v) is 12.3. The van der Waals surface area contributed by atoms with Gasteiger partial charge in [-0.15, -0.1) is 0 Å². The van der Waals surface area contributed by atoms with E-state index < -0.39 is 11.7 Å². The largest absolute Gasteiger partial charge is 0.503 e.